The van der Waals surface area contributed by atoms with E-state index in [0.717, 1.165) is 11.7 Å². The van der Waals surface area contributed by atoms with Gasteiger partial charge in [-0.05, 0) is 18.3 Å². The summed E-state index contributed by atoms with van der Waals surface area (Å²) >= 11 is 0. The Hall–Kier alpha value is -1.62. The normalized spacial score (nSPS) is 14.7. The molecule has 0 aromatic heterocycles. The van der Waals surface area contributed by atoms with Gasteiger partial charge in [-0.25, -0.2) is 13.2 Å². The lowest BCUT2D eigenvalue weighted by molar-refractivity contribution is -0.192. The molecule has 1 amide bonds. The number of halogens is 3. The van der Waals surface area contributed by atoms with Crippen molar-refractivity contribution in [2.24, 2.45) is 17.6 Å². The van der Waals surface area contributed by atoms with Crippen molar-refractivity contribution < 1.29 is 36.3 Å². The molecule has 4 N–H and O–H groups in total. The molecule has 26 heavy (non-hydrogen) atoms. The fourth-order valence-corrected chi connectivity index (χ4v) is 1.99. The van der Waals surface area contributed by atoms with E-state index in [9.17, 15) is 26.4 Å². The summed E-state index contributed by atoms with van der Waals surface area (Å²) in [6, 6.07) is -0.895. The van der Waals surface area contributed by atoms with Gasteiger partial charge in [-0.1, -0.05) is 33.8 Å². The Morgan fingerprint density at radius 1 is 1.19 bits per heavy atom. The molecule has 0 spiro atoms. The van der Waals surface area contributed by atoms with E-state index in [2.05, 4.69) is 5.32 Å². The Morgan fingerprint density at radius 2 is 1.62 bits per heavy atom. The number of aliphatic carboxylic acids is 1. The highest BCUT2D eigenvalue weighted by molar-refractivity contribution is 7.93. The second kappa shape index (κ2) is 11.2. The van der Waals surface area contributed by atoms with Gasteiger partial charge in [0.2, 0.25) is 5.91 Å². The lowest BCUT2D eigenvalue weighted by Gasteiger charge is -2.21. The molecule has 0 rings (SSSR count). The highest BCUT2D eigenvalue weighted by Gasteiger charge is 2.38. The van der Waals surface area contributed by atoms with E-state index in [0.29, 0.717) is 12.3 Å². The Bertz CT molecular complexity index is 587. The zero-order valence-electron chi connectivity index (χ0n) is 15.4. The average molecular weight is 404 g/mol. The lowest BCUT2D eigenvalue weighted by atomic mass is 10.0. The summed E-state index contributed by atoms with van der Waals surface area (Å²) in [5.74, 6) is -2.63. The molecule has 0 saturated heterocycles. The Balaban J connectivity index is 0. The fraction of sp³-hybridized carbons (Fsp3) is 0.733. The van der Waals surface area contributed by atoms with Crippen molar-refractivity contribution in [2.45, 2.75) is 52.4 Å². The largest absolute Gasteiger partial charge is 0.490 e. The van der Waals surface area contributed by atoms with E-state index in [4.69, 9.17) is 15.6 Å². The highest BCUT2D eigenvalue weighted by atomic mass is 32.2. The van der Waals surface area contributed by atoms with Crippen LogP contribution in [0.4, 0.5) is 13.2 Å². The smallest absolute Gasteiger partial charge is 0.475 e. The quantitative estimate of drug-likeness (QED) is 0.593. The van der Waals surface area contributed by atoms with Gasteiger partial charge in [-0.15, -0.1) is 0 Å². The molecule has 0 aliphatic carbocycles. The van der Waals surface area contributed by atoms with E-state index in [1.54, 1.807) is 0 Å². The van der Waals surface area contributed by atoms with Crippen molar-refractivity contribution in [1.29, 1.82) is 0 Å². The van der Waals surface area contributed by atoms with Crippen LogP contribution >= 0.6 is 0 Å². The van der Waals surface area contributed by atoms with Crippen LogP contribution < -0.4 is 11.1 Å². The standard InChI is InChI=1S/C13H26N2O3S.C2HF3O2/c1-9(2)8-11(6-7-19(5,17)18)15-13(16)12(14)10(3)4;3-2(4,5)1(6)7/h6-7,9-12H,8,14H2,1-5H3,(H,15,16);(H,6,7)/b7-6+;/t11-,12+;/m1./s1. The summed E-state index contributed by atoms with van der Waals surface area (Å²) < 4.78 is 54.0. The Kier molecular flexibility index (Phi) is 11.4. The SMILES string of the molecule is CC(C)C[C@@H](/C=C/S(C)(=O)=O)NC(=O)[C@@H](N)C(C)C.O=C(O)C(F)(F)F. The third-order valence-electron chi connectivity index (χ3n) is 2.87. The van der Waals surface area contributed by atoms with Crippen molar-refractivity contribution in [3.8, 4) is 0 Å². The molecule has 0 unspecified atom stereocenters. The average Bonchev–Trinajstić information content (AvgIpc) is 2.41. The first-order valence-electron chi connectivity index (χ1n) is 7.71. The molecule has 0 heterocycles. The van der Waals surface area contributed by atoms with Crippen LogP contribution in [0.15, 0.2) is 11.5 Å². The molecule has 0 aromatic carbocycles. The van der Waals surface area contributed by atoms with Crippen LogP contribution in [0, 0.1) is 11.8 Å². The first-order chi connectivity index (χ1) is 11.5. The van der Waals surface area contributed by atoms with Crippen molar-refractivity contribution in [3.05, 3.63) is 11.5 Å². The van der Waals surface area contributed by atoms with Gasteiger partial charge in [0.15, 0.2) is 9.84 Å². The predicted molar refractivity (Wildman–Crippen MR) is 91.9 cm³/mol. The summed E-state index contributed by atoms with van der Waals surface area (Å²) in [5.41, 5.74) is 5.77. The van der Waals surface area contributed by atoms with Gasteiger partial charge in [0, 0.05) is 17.7 Å². The number of rotatable bonds is 7. The van der Waals surface area contributed by atoms with Crippen molar-refractivity contribution in [1.82, 2.24) is 5.32 Å². The predicted octanol–water partition coefficient (Wildman–Crippen LogP) is 1.69. The van der Waals surface area contributed by atoms with Gasteiger partial charge in [-0.2, -0.15) is 13.2 Å². The molecule has 0 saturated carbocycles. The maximum Gasteiger partial charge on any atom is 0.490 e. The van der Waals surface area contributed by atoms with E-state index in [1.807, 2.05) is 27.7 Å². The van der Waals surface area contributed by atoms with Crippen LogP contribution in [0.3, 0.4) is 0 Å². The lowest BCUT2D eigenvalue weighted by Crippen LogP contribution is -2.47. The fourth-order valence-electron chi connectivity index (χ4n) is 1.51. The Labute approximate surface area is 151 Å². The summed E-state index contributed by atoms with van der Waals surface area (Å²) in [6.07, 6.45) is -1.78. The summed E-state index contributed by atoms with van der Waals surface area (Å²) in [5, 5.41) is 11.0. The van der Waals surface area contributed by atoms with Crippen LogP contribution in [0.5, 0.6) is 0 Å². The highest BCUT2D eigenvalue weighted by Crippen LogP contribution is 2.13. The maximum atomic E-state index is 11.9. The van der Waals surface area contributed by atoms with Crippen LogP contribution in [-0.2, 0) is 19.4 Å². The van der Waals surface area contributed by atoms with Crippen molar-refractivity contribution >= 4 is 21.7 Å². The molecule has 0 bridgehead atoms. The third-order valence-corrected chi connectivity index (χ3v) is 3.53. The number of hydrogen-bond donors (Lipinski definition) is 3. The number of carboxylic acids is 1. The first-order valence-corrected chi connectivity index (χ1v) is 9.67. The summed E-state index contributed by atoms with van der Waals surface area (Å²) in [4.78, 5) is 20.8. The van der Waals surface area contributed by atoms with E-state index in [-0.39, 0.29) is 17.9 Å². The van der Waals surface area contributed by atoms with Crippen LogP contribution in [-0.4, -0.2) is 49.9 Å². The first kappa shape index (κ1) is 26.6. The van der Waals surface area contributed by atoms with Gasteiger partial charge < -0.3 is 16.2 Å². The second-order valence-corrected chi connectivity index (χ2v) is 8.41. The monoisotopic (exact) mass is 404 g/mol. The molecular weight excluding hydrogens is 377 g/mol. The molecule has 0 radical (unpaired) electrons. The van der Waals surface area contributed by atoms with Gasteiger partial charge in [0.05, 0.1) is 6.04 Å². The summed E-state index contributed by atoms with van der Waals surface area (Å²) in [6.45, 7) is 7.76. The zero-order chi connectivity index (χ0) is 21.3. The number of carbonyl (C=O) groups is 2. The van der Waals surface area contributed by atoms with Crippen LogP contribution in [0.25, 0.3) is 0 Å². The maximum absolute atomic E-state index is 11.9. The van der Waals surface area contributed by atoms with Gasteiger partial charge >= 0.3 is 12.1 Å². The van der Waals surface area contributed by atoms with Crippen molar-refractivity contribution in [2.75, 3.05) is 6.26 Å². The minimum atomic E-state index is -5.08. The molecule has 11 heteroatoms. The van der Waals surface area contributed by atoms with E-state index < -0.39 is 28.0 Å². The molecule has 0 fully saturated rings. The minimum Gasteiger partial charge on any atom is -0.475 e. The van der Waals surface area contributed by atoms with Gasteiger partial charge in [0.25, 0.3) is 0 Å². The van der Waals surface area contributed by atoms with E-state index in [1.165, 1.54) is 6.08 Å². The molecule has 7 nitrogen and oxygen atoms in total. The number of carboxylic acid groups (broad SMARTS) is 1. The molecular formula is C15H27F3N2O5S. The molecule has 0 aliphatic rings. The minimum absolute atomic E-state index is 0.0404. The van der Waals surface area contributed by atoms with Gasteiger partial charge in [0.1, 0.15) is 0 Å². The number of nitrogens with two attached hydrogens (primary N) is 1. The number of alkyl halides is 3. The number of hydrogen-bond acceptors (Lipinski definition) is 5. The third kappa shape index (κ3) is 14.7. The molecule has 2 atom stereocenters. The second-order valence-electron chi connectivity index (χ2n) is 6.48. The number of carbonyl (C=O) groups excluding carboxylic acids is 1. The van der Waals surface area contributed by atoms with Gasteiger partial charge in [-0.3, -0.25) is 4.79 Å². The molecule has 0 aliphatic heterocycles. The number of nitrogens with one attached hydrogen (secondary N) is 1. The van der Waals surface area contributed by atoms with Crippen LogP contribution in [0.1, 0.15) is 34.1 Å². The van der Waals surface area contributed by atoms with Crippen LogP contribution in [0.2, 0.25) is 0 Å². The van der Waals surface area contributed by atoms with Crippen molar-refractivity contribution in [3.63, 3.8) is 0 Å². The number of amides is 1. The number of sulfone groups is 1. The van der Waals surface area contributed by atoms with E-state index >= 15 is 0 Å². The molecule has 154 valence electrons. The summed E-state index contributed by atoms with van der Waals surface area (Å²) in [7, 11) is -3.19. The Morgan fingerprint density at radius 3 is 1.88 bits per heavy atom. The molecule has 0 aromatic rings. The zero-order valence-corrected chi connectivity index (χ0v) is 16.2. The topological polar surface area (TPSA) is 127 Å².